The van der Waals surface area contributed by atoms with Crippen molar-refractivity contribution in [1.29, 1.82) is 0 Å². The number of carbonyl (C=O) groups excluding carboxylic acids is 3. The lowest BCUT2D eigenvalue weighted by Crippen LogP contribution is -2.46. The minimum atomic E-state index is -1.02. The van der Waals surface area contributed by atoms with Crippen molar-refractivity contribution >= 4 is 17.8 Å². The molecule has 4 rings (SSSR count). The summed E-state index contributed by atoms with van der Waals surface area (Å²) in [6, 6.07) is 7.83. The van der Waals surface area contributed by atoms with Crippen LogP contribution < -0.4 is 24.3 Å². The van der Waals surface area contributed by atoms with E-state index in [9.17, 15) is 14.4 Å². The smallest absolute Gasteiger partial charge is 0.344 e. The van der Waals surface area contributed by atoms with Crippen LogP contribution in [0.5, 0.6) is 23.0 Å². The minimum Gasteiger partial charge on any atom is -0.493 e. The summed E-state index contributed by atoms with van der Waals surface area (Å²) in [7, 11) is 5.97. The van der Waals surface area contributed by atoms with Crippen LogP contribution in [0.3, 0.4) is 0 Å². The van der Waals surface area contributed by atoms with Crippen LogP contribution in [0, 0.1) is 0 Å². The molecular weight excluding hydrogens is 444 g/mol. The third-order valence-electron chi connectivity index (χ3n) is 5.99. The van der Waals surface area contributed by atoms with Crippen LogP contribution >= 0.6 is 0 Å². The van der Waals surface area contributed by atoms with Gasteiger partial charge in [0.2, 0.25) is 18.0 Å². The van der Waals surface area contributed by atoms with Crippen molar-refractivity contribution in [3.63, 3.8) is 0 Å². The van der Waals surface area contributed by atoms with Crippen molar-refractivity contribution in [2.24, 2.45) is 0 Å². The molecule has 2 aliphatic heterocycles. The maximum absolute atomic E-state index is 13.1. The lowest BCUT2D eigenvalue weighted by Gasteiger charge is -2.29. The first-order valence-electron chi connectivity index (χ1n) is 10.7. The lowest BCUT2D eigenvalue weighted by atomic mass is 10.0. The summed E-state index contributed by atoms with van der Waals surface area (Å²) in [4.78, 5) is 39.8. The number of likely N-dealkylation sites (tertiary alicyclic amines) is 1. The standard InChI is InChI=1S/C24H26N2O8/c1-30-16-8-5-13(11-18(16)32-3)12-25-22(28)15-7-10-19(27)26(15)23-14-6-9-17(31-2)21(33-4)20(14)24(29)34-23/h5-6,8-9,11,15,23H,7,10,12H2,1-4H3,(H,25,28)/t15-,23+/m0/s1. The number of esters is 1. The third-order valence-corrected chi connectivity index (χ3v) is 5.99. The number of amides is 2. The van der Waals surface area contributed by atoms with Gasteiger partial charge in [0.05, 0.1) is 28.4 Å². The molecule has 0 saturated carbocycles. The Hall–Kier alpha value is -3.95. The highest BCUT2D eigenvalue weighted by Crippen LogP contribution is 2.45. The van der Waals surface area contributed by atoms with Gasteiger partial charge in [-0.25, -0.2) is 4.79 Å². The van der Waals surface area contributed by atoms with Crippen LogP contribution in [-0.4, -0.2) is 57.2 Å². The normalized spacial score (nSPS) is 18.9. The number of carbonyl (C=O) groups is 3. The second-order valence-corrected chi connectivity index (χ2v) is 7.79. The molecule has 34 heavy (non-hydrogen) atoms. The maximum Gasteiger partial charge on any atom is 0.344 e. The molecule has 2 heterocycles. The number of hydrogen-bond acceptors (Lipinski definition) is 8. The van der Waals surface area contributed by atoms with Gasteiger partial charge in [0.25, 0.3) is 0 Å². The molecule has 2 amide bonds. The summed E-state index contributed by atoms with van der Waals surface area (Å²) in [6.45, 7) is 0.226. The Balaban J connectivity index is 1.55. The third kappa shape index (κ3) is 3.95. The van der Waals surface area contributed by atoms with Crippen molar-refractivity contribution < 1.29 is 38.1 Å². The number of ether oxygens (including phenoxy) is 5. The summed E-state index contributed by atoms with van der Waals surface area (Å²) in [5.41, 5.74) is 1.45. The number of nitrogens with one attached hydrogen (secondary N) is 1. The molecule has 2 aromatic rings. The molecule has 180 valence electrons. The topological polar surface area (TPSA) is 113 Å². The van der Waals surface area contributed by atoms with Crippen LogP contribution in [0.4, 0.5) is 0 Å². The van der Waals surface area contributed by atoms with Gasteiger partial charge in [0, 0.05) is 18.5 Å². The van der Waals surface area contributed by atoms with E-state index in [1.165, 1.54) is 26.2 Å². The second kappa shape index (κ2) is 9.50. The number of benzene rings is 2. The summed E-state index contributed by atoms with van der Waals surface area (Å²) < 4.78 is 26.7. The van der Waals surface area contributed by atoms with E-state index in [1.54, 1.807) is 31.4 Å². The van der Waals surface area contributed by atoms with E-state index in [2.05, 4.69) is 5.32 Å². The van der Waals surface area contributed by atoms with Crippen LogP contribution in [-0.2, 0) is 20.9 Å². The Bertz CT molecular complexity index is 1130. The van der Waals surface area contributed by atoms with Crippen LogP contribution in [0.15, 0.2) is 30.3 Å². The second-order valence-electron chi connectivity index (χ2n) is 7.79. The molecule has 10 heteroatoms. The van der Waals surface area contributed by atoms with Crippen LogP contribution in [0.25, 0.3) is 0 Å². The van der Waals surface area contributed by atoms with Gasteiger partial charge in [-0.3, -0.25) is 14.5 Å². The average molecular weight is 470 g/mol. The summed E-state index contributed by atoms with van der Waals surface area (Å²) in [6.07, 6.45) is -0.535. The molecule has 1 N–H and O–H groups in total. The molecule has 0 unspecified atom stereocenters. The summed E-state index contributed by atoms with van der Waals surface area (Å²) >= 11 is 0. The van der Waals surface area contributed by atoms with Crippen molar-refractivity contribution in [2.45, 2.75) is 31.7 Å². The summed E-state index contributed by atoms with van der Waals surface area (Å²) in [5.74, 6) is 0.478. The predicted octanol–water partition coefficient (Wildman–Crippen LogP) is 2.20. The monoisotopic (exact) mass is 470 g/mol. The Morgan fingerprint density at radius 1 is 1.00 bits per heavy atom. The lowest BCUT2D eigenvalue weighted by molar-refractivity contribution is -0.145. The van der Waals surface area contributed by atoms with E-state index >= 15 is 0 Å². The molecule has 0 spiro atoms. The number of fused-ring (bicyclic) bond motifs is 1. The number of hydrogen-bond donors (Lipinski definition) is 1. The highest BCUT2D eigenvalue weighted by Gasteiger charge is 2.47. The zero-order valence-electron chi connectivity index (χ0n) is 19.4. The van der Waals surface area contributed by atoms with Gasteiger partial charge in [-0.15, -0.1) is 0 Å². The van der Waals surface area contributed by atoms with Crippen LogP contribution in [0.1, 0.15) is 40.6 Å². The number of rotatable bonds is 8. The number of cyclic esters (lactones) is 1. The SMILES string of the molecule is COc1ccc(CNC(=O)[C@@H]2CCC(=O)N2[C@@H]2OC(=O)c3c2ccc(OC)c3OC)cc1OC. The molecular formula is C24H26N2O8. The zero-order valence-corrected chi connectivity index (χ0v) is 19.4. The van der Waals surface area contributed by atoms with Crippen molar-refractivity contribution in [1.82, 2.24) is 10.2 Å². The predicted molar refractivity (Wildman–Crippen MR) is 119 cm³/mol. The quantitative estimate of drug-likeness (QED) is 0.585. The molecule has 1 fully saturated rings. The molecule has 0 radical (unpaired) electrons. The van der Waals surface area contributed by atoms with Gasteiger partial charge in [-0.05, 0) is 36.2 Å². The fourth-order valence-electron chi connectivity index (χ4n) is 4.34. The number of methoxy groups -OCH3 is 4. The average Bonchev–Trinajstić information content (AvgIpc) is 3.40. The first kappa shape index (κ1) is 23.2. The van der Waals surface area contributed by atoms with Crippen molar-refractivity contribution in [2.75, 3.05) is 28.4 Å². The van der Waals surface area contributed by atoms with Gasteiger partial charge >= 0.3 is 5.97 Å². The molecule has 2 aliphatic rings. The van der Waals surface area contributed by atoms with Crippen LogP contribution in [0.2, 0.25) is 0 Å². The highest BCUT2D eigenvalue weighted by atomic mass is 16.6. The Labute approximate surface area is 196 Å². The molecule has 0 aromatic heterocycles. The molecule has 10 nitrogen and oxygen atoms in total. The fraction of sp³-hybridized carbons (Fsp3) is 0.375. The first-order valence-corrected chi connectivity index (χ1v) is 10.7. The summed E-state index contributed by atoms with van der Waals surface area (Å²) in [5, 5.41) is 2.87. The highest BCUT2D eigenvalue weighted by molar-refractivity contribution is 5.99. The van der Waals surface area contributed by atoms with E-state index in [1.807, 2.05) is 6.07 Å². The molecule has 2 atom stereocenters. The molecule has 0 bridgehead atoms. The van der Waals surface area contributed by atoms with Gasteiger partial charge in [0.1, 0.15) is 11.6 Å². The van der Waals surface area contributed by atoms with E-state index in [4.69, 9.17) is 23.7 Å². The van der Waals surface area contributed by atoms with Gasteiger partial charge in [-0.1, -0.05) is 6.07 Å². The minimum absolute atomic E-state index is 0.172. The molecule has 1 saturated heterocycles. The fourth-order valence-corrected chi connectivity index (χ4v) is 4.34. The van der Waals surface area contributed by atoms with Gasteiger partial charge < -0.3 is 29.0 Å². The molecule has 2 aromatic carbocycles. The molecule has 0 aliphatic carbocycles. The van der Waals surface area contributed by atoms with E-state index in [-0.39, 0.29) is 36.1 Å². The van der Waals surface area contributed by atoms with E-state index in [0.29, 0.717) is 29.2 Å². The van der Waals surface area contributed by atoms with Crippen molar-refractivity contribution in [3.8, 4) is 23.0 Å². The first-order chi connectivity index (χ1) is 16.4. The Kier molecular flexibility index (Phi) is 6.49. The largest absolute Gasteiger partial charge is 0.493 e. The number of nitrogens with zero attached hydrogens (tertiary/aromatic N) is 1. The Morgan fingerprint density at radius 3 is 2.38 bits per heavy atom. The zero-order chi connectivity index (χ0) is 24.4. The van der Waals surface area contributed by atoms with Crippen molar-refractivity contribution in [3.05, 3.63) is 47.0 Å². The Morgan fingerprint density at radius 2 is 1.71 bits per heavy atom. The van der Waals surface area contributed by atoms with Gasteiger partial charge in [0.15, 0.2) is 23.0 Å². The van der Waals surface area contributed by atoms with E-state index in [0.717, 1.165) is 5.56 Å². The van der Waals surface area contributed by atoms with E-state index < -0.39 is 18.2 Å². The van der Waals surface area contributed by atoms with Gasteiger partial charge in [-0.2, -0.15) is 0 Å². The maximum atomic E-state index is 13.1.